The molecule has 73 heavy (non-hydrogen) atoms. The molecule has 4 aliphatic rings. The third kappa shape index (κ3) is 16.0. The number of rotatable bonds is 9. The van der Waals surface area contributed by atoms with Crippen LogP contribution in [-0.2, 0) is 42.9 Å². The Morgan fingerprint density at radius 3 is 2.29 bits per heavy atom. The van der Waals surface area contributed by atoms with Gasteiger partial charge in [0.05, 0.1) is 31.0 Å². The molecule has 14 nitrogen and oxygen atoms in total. The van der Waals surface area contributed by atoms with Crippen molar-refractivity contribution in [3.05, 3.63) is 95.6 Å². The highest BCUT2D eigenvalue weighted by Gasteiger charge is 2.53. The molecule has 14 heteroatoms. The van der Waals surface area contributed by atoms with E-state index in [2.05, 4.69) is 26.5 Å². The van der Waals surface area contributed by atoms with Gasteiger partial charge in [0, 0.05) is 45.4 Å². The summed E-state index contributed by atoms with van der Waals surface area (Å²) in [5.74, 6) is -7.25. The number of methoxy groups -OCH3 is 2. The molecule has 1 amide bonds. The van der Waals surface area contributed by atoms with E-state index in [0.717, 1.165) is 29.6 Å². The lowest BCUT2D eigenvalue weighted by Gasteiger charge is -2.43. The lowest BCUT2D eigenvalue weighted by atomic mass is 9.78. The predicted molar refractivity (Wildman–Crippen MR) is 280 cm³/mol. The van der Waals surface area contributed by atoms with E-state index in [1.54, 1.807) is 34.0 Å². The van der Waals surface area contributed by atoms with Gasteiger partial charge in [0.2, 0.25) is 5.79 Å². The van der Waals surface area contributed by atoms with Gasteiger partial charge < -0.3 is 49.0 Å². The molecule has 1 aromatic carbocycles. The number of ketones is 2. The largest absolute Gasteiger partial charge is 0.460 e. The Bertz CT molecular complexity index is 2120. The van der Waals surface area contributed by atoms with Crippen molar-refractivity contribution in [2.45, 2.75) is 186 Å². The van der Waals surface area contributed by atoms with Crippen LogP contribution in [0, 0.1) is 35.5 Å². The van der Waals surface area contributed by atoms with E-state index in [1.807, 2.05) is 68.5 Å². The normalized spacial score (nSPS) is 37.7. The van der Waals surface area contributed by atoms with Gasteiger partial charge in [0.1, 0.15) is 36.2 Å². The number of esters is 1. The summed E-state index contributed by atoms with van der Waals surface area (Å²) in [6.07, 6.45) is 11.1. The van der Waals surface area contributed by atoms with Crippen molar-refractivity contribution in [3.63, 3.8) is 0 Å². The molecule has 2 saturated heterocycles. The minimum Gasteiger partial charge on any atom is -0.460 e. The molecule has 16 atom stereocenters. The fourth-order valence-electron chi connectivity index (χ4n) is 11.2. The van der Waals surface area contributed by atoms with Crippen molar-refractivity contribution in [3.8, 4) is 0 Å². The quantitative estimate of drug-likeness (QED) is 0.105. The number of aliphatic hydroxyl groups excluding tert-OH is 3. The monoisotopic (exact) mass is 1020 g/mol. The molecule has 0 radical (unpaired) electrons. The Kier molecular flexibility index (Phi) is 23.0. The summed E-state index contributed by atoms with van der Waals surface area (Å²) in [6.45, 7) is 17.3. The van der Waals surface area contributed by atoms with Crippen molar-refractivity contribution < 1.29 is 63.3 Å². The summed E-state index contributed by atoms with van der Waals surface area (Å²) in [7, 11) is 3.11. The summed E-state index contributed by atoms with van der Waals surface area (Å²) in [4.78, 5) is 59.0. The summed E-state index contributed by atoms with van der Waals surface area (Å²) < 4.78 is 30.7. The zero-order valence-corrected chi connectivity index (χ0v) is 45.0. The molecular formula is C59H87NO13. The molecule has 1 saturated carbocycles. The standard InChI is InChI=1S/C59H87NO13/c1-36-19-13-11-14-20-37(2)50(71-53(35-61)45-21-15-12-16-22-45)33-46-26-24-42(7)59(68,73-46)56(65)57(66)60-28-18-17-23-47(60)58(67)72-51(40(5)31-44-25-27-48(62)52(32-44)69-9)34-49(63)39(4)30-41(6)54(64)55(70-10)43(8)38(3)29-36/h11-16,19-22,30,36,38-40,42,44,46-48,50-55,61-62,64,68H,8,17-18,23-29,31-35H2,1-7,9-10H3/b14-11+,19-13+,37-20+,41-30+/t36-,38-,39-,40-,42-,44+,46+,47?,48-,50?,51+,52-,53+,54-,55+,59-/m1/s1. The minimum absolute atomic E-state index is 0.0351. The van der Waals surface area contributed by atoms with E-state index >= 15 is 0 Å². The number of carbonyl (C=O) groups is 4. The summed E-state index contributed by atoms with van der Waals surface area (Å²) in [5.41, 5.74) is 2.83. The highest BCUT2D eigenvalue weighted by molar-refractivity contribution is 6.39. The Hall–Kier alpha value is -4.12. The molecule has 0 aromatic heterocycles. The zero-order valence-electron chi connectivity index (χ0n) is 45.0. The molecule has 2 bridgehead atoms. The Morgan fingerprint density at radius 1 is 0.877 bits per heavy atom. The Balaban J connectivity index is 1.51. The first kappa shape index (κ1) is 59.8. The molecule has 0 spiro atoms. The number of Topliss-reactive ketones (excluding diaryl/α,β-unsaturated/α-hetero) is 2. The second-order valence-corrected chi connectivity index (χ2v) is 21.7. The molecule has 1 aliphatic carbocycles. The van der Waals surface area contributed by atoms with Crippen molar-refractivity contribution in [1.29, 1.82) is 0 Å². The van der Waals surface area contributed by atoms with E-state index in [4.69, 9.17) is 23.7 Å². The number of nitrogens with zero attached hydrogens (tertiary/aromatic N) is 1. The molecule has 2 unspecified atom stereocenters. The highest BCUT2D eigenvalue weighted by atomic mass is 16.6. The second kappa shape index (κ2) is 28.1. The van der Waals surface area contributed by atoms with Gasteiger partial charge >= 0.3 is 5.97 Å². The zero-order chi connectivity index (χ0) is 53.6. The SMILES string of the molecule is C=C1[C@H](C)C[C@H](C)/C=C/C=C/C=C(\C)C(O[C@@H](CO)c2ccccc2)C[C@@H]2CC[C@@H](C)[C@@](O)(O2)C(=O)C(=O)N2CCCCC2C(=O)O[C@H]([C@H](C)C[C@@H]2CC[C@@H](O)[C@H](OC)C2)CC(=O)[C@H](C)/C=C(\C)[C@@H](O)[C@H]1OC. The van der Waals surface area contributed by atoms with Gasteiger partial charge in [-0.2, -0.15) is 0 Å². The number of hydrogen-bond donors (Lipinski definition) is 4. The third-order valence-corrected chi connectivity index (χ3v) is 16.1. The first-order valence-corrected chi connectivity index (χ1v) is 26.8. The number of hydrogen-bond acceptors (Lipinski definition) is 13. The van der Waals surface area contributed by atoms with Gasteiger partial charge in [0.15, 0.2) is 0 Å². The summed E-state index contributed by atoms with van der Waals surface area (Å²) in [6, 6.07) is 8.20. The number of benzene rings is 1. The van der Waals surface area contributed by atoms with Crippen LogP contribution >= 0.6 is 0 Å². The number of amides is 1. The van der Waals surface area contributed by atoms with Crippen LogP contribution in [0.2, 0.25) is 0 Å². The molecule has 4 N–H and O–H groups in total. The van der Waals surface area contributed by atoms with Crippen LogP contribution in [0.4, 0.5) is 0 Å². The second-order valence-electron chi connectivity index (χ2n) is 21.7. The maximum atomic E-state index is 14.5. The van der Waals surface area contributed by atoms with Crippen LogP contribution in [-0.4, -0.2) is 131 Å². The maximum Gasteiger partial charge on any atom is 0.329 e. The number of ether oxygens (including phenoxy) is 5. The van der Waals surface area contributed by atoms with Gasteiger partial charge in [-0.15, -0.1) is 0 Å². The smallest absolute Gasteiger partial charge is 0.329 e. The summed E-state index contributed by atoms with van der Waals surface area (Å²) in [5, 5.41) is 45.0. The molecule has 3 heterocycles. The van der Waals surface area contributed by atoms with Gasteiger partial charge in [-0.25, -0.2) is 4.79 Å². The number of fused-ring (bicyclic) bond motifs is 3. The van der Waals surface area contributed by atoms with E-state index in [9.17, 15) is 39.6 Å². The lowest BCUT2D eigenvalue weighted by molar-refractivity contribution is -0.266. The number of carbonyl (C=O) groups excluding carboxylic acids is 4. The Labute approximate surface area is 434 Å². The number of aliphatic hydroxyl groups is 4. The topological polar surface area (TPSA) is 199 Å². The van der Waals surface area contributed by atoms with Gasteiger partial charge in [-0.1, -0.05) is 108 Å². The van der Waals surface area contributed by atoms with Crippen LogP contribution in [0.5, 0.6) is 0 Å². The van der Waals surface area contributed by atoms with Crippen LogP contribution < -0.4 is 0 Å². The van der Waals surface area contributed by atoms with Crippen LogP contribution in [0.1, 0.15) is 137 Å². The van der Waals surface area contributed by atoms with E-state index in [0.29, 0.717) is 50.5 Å². The minimum atomic E-state index is -2.51. The van der Waals surface area contributed by atoms with Crippen LogP contribution in [0.25, 0.3) is 0 Å². The molecule has 3 fully saturated rings. The van der Waals surface area contributed by atoms with Crippen molar-refractivity contribution in [2.24, 2.45) is 35.5 Å². The van der Waals surface area contributed by atoms with Crippen molar-refractivity contribution in [1.82, 2.24) is 4.90 Å². The maximum absolute atomic E-state index is 14.5. The average Bonchev–Trinajstić information content (AvgIpc) is 3.38. The van der Waals surface area contributed by atoms with E-state index < -0.39 is 84.1 Å². The number of allylic oxidation sites excluding steroid dienone is 6. The van der Waals surface area contributed by atoms with Crippen molar-refractivity contribution in [2.75, 3.05) is 27.4 Å². The molecule has 3 aliphatic heterocycles. The fourth-order valence-corrected chi connectivity index (χ4v) is 11.2. The van der Waals surface area contributed by atoms with Crippen LogP contribution in [0.3, 0.4) is 0 Å². The Morgan fingerprint density at radius 2 is 1.60 bits per heavy atom. The highest BCUT2D eigenvalue weighted by Crippen LogP contribution is 2.39. The first-order valence-electron chi connectivity index (χ1n) is 26.8. The molecule has 406 valence electrons. The van der Waals surface area contributed by atoms with E-state index in [-0.39, 0.29) is 68.0 Å². The van der Waals surface area contributed by atoms with Gasteiger partial charge in [-0.3, -0.25) is 14.4 Å². The molecular weight excluding hydrogens is 931 g/mol. The van der Waals surface area contributed by atoms with E-state index in [1.165, 1.54) is 12.0 Å². The van der Waals surface area contributed by atoms with Crippen LogP contribution in [0.15, 0.2) is 90.1 Å². The van der Waals surface area contributed by atoms with Gasteiger partial charge in [-0.05, 0) is 124 Å². The number of cyclic esters (lactones) is 1. The third-order valence-electron chi connectivity index (χ3n) is 16.1. The predicted octanol–water partition coefficient (Wildman–Crippen LogP) is 8.27. The molecule has 1 aromatic rings. The molecule has 5 rings (SSSR count). The van der Waals surface area contributed by atoms with Gasteiger partial charge in [0.25, 0.3) is 11.7 Å². The fraction of sp³-hybridized carbons (Fsp3) is 0.661. The lowest BCUT2D eigenvalue weighted by Crippen LogP contribution is -2.61. The average molecular weight is 1020 g/mol. The summed E-state index contributed by atoms with van der Waals surface area (Å²) >= 11 is 0. The van der Waals surface area contributed by atoms with Crippen molar-refractivity contribution >= 4 is 23.4 Å². The first-order chi connectivity index (χ1) is 34.7. The number of piperidine rings is 1.